The predicted octanol–water partition coefficient (Wildman–Crippen LogP) is 16.3. The molecule has 0 N–H and O–H groups in total. The molecule has 0 spiro atoms. The molecule has 0 aliphatic carbocycles. The highest BCUT2D eigenvalue weighted by molar-refractivity contribution is 7.00. The van der Waals surface area contributed by atoms with Gasteiger partial charge in [0.25, 0.3) is 6.71 Å². The molecule has 0 radical (unpaired) electrons. The first-order valence-electron chi connectivity index (χ1n) is 26.0. The van der Waals surface area contributed by atoms with Gasteiger partial charge in [0.2, 0.25) is 0 Å². The van der Waals surface area contributed by atoms with E-state index in [1.807, 2.05) is 0 Å². The van der Waals surface area contributed by atoms with Gasteiger partial charge in [0.15, 0.2) is 0 Å². The lowest BCUT2D eigenvalue weighted by Crippen LogP contribution is -2.64. The molecule has 4 nitrogen and oxygen atoms in total. The Balaban J connectivity index is 1.11. The second-order valence-corrected chi connectivity index (χ2v) is 23.0. The summed E-state index contributed by atoms with van der Waals surface area (Å²) in [6.07, 6.45) is 0. The van der Waals surface area contributed by atoms with Crippen molar-refractivity contribution in [3.8, 4) is 0 Å². The van der Waals surface area contributed by atoms with Crippen molar-refractivity contribution >= 4 is 144 Å². The van der Waals surface area contributed by atoms with Crippen LogP contribution in [0.1, 0.15) is 52.7 Å². The largest absolute Gasteiger partial charge is 0.353 e. The van der Waals surface area contributed by atoms with Crippen molar-refractivity contribution in [2.45, 2.75) is 52.4 Å². The highest BCUT2D eigenvalue weighted by Gasteiger charge is 2.49. The van der Waals surface area contributed by atoms with E-state index >= 15 is 0 Å². The van der Waals surface area contributed by atoms with Crippen LogP contribution < -0.4 is 26.4 Å². The molecular weight excluding hydrogens is 884 g/mol. The Kier molecular flexibility index (Phi) is 8.52. The van der Waals surface area contributed by atoms with Crippen LogP contribution in [-0.4, -0.2) is 15.8 Å². The molecule has 0 saturated heterocycles. The fourth-order valence-corrected chi connectivity index (χ4v) is 13.5. The summed E-state index contributed by atoms with van der Waals surface area (Å²) < 4.78 is 5.08. The number of aromatic nitrogens is 2. The average molecular weight is 939 g/mol. The fraction of sp³-hybridized carbons (Fsp3) is 0.147. The molecule has 0 fully saturated rings. The average Bonchev–Trinajstić information content (AvgIpc) is 3.87. The van der Waals surface area contributed by atoms with Crippen LogP contribution in [0.5, 0.6) is 0 Å². The molecule has 73 heavy (non-hydrogen) atoms. The minimum absolute atomic E-state index is 0.0442. The second-order valence-electron chi connectivity index (χ2n) is 23.0. The van der Waals surface area contributed by atoms with E-state index in [-0.39, 0.29) is 17.5 Å². The topological polar surface area (TPSA) is 16.3 Å². The summed E-state index contributed by atoms with van der Waals surface area (Å²) >= 11 is 0. The third kappa shape index (κ3) is 5.68. The van der Waals surface area contributed by atoms with Crippen molar-refractivity contribution in [3.05, 3.63) is 199 Å². The summed E-state index contributed by atoms with van der Waals surface area (Å²) in [7, 11) is 4.64. The van der Waals surface area contributed by atoms with Crippen LogP contribution in [0, 0.1) is 0 Å². The quantitative estimate of drug-likeness (QED) is 0.127. The van der Waals surface area contributed by atoms with Crippen LogP contribution in [0.25, 0.3) is 86.4 Å². The number of hydrogen-bond acceptors (Lipinski definition) is 2. The van der Waals surface area contributed by atoms with Crippen LogP contribution >= 0.6 is 0 Å². The Hall–Kier alpha value is -8.28. The van der Waals surface area contributed by atoms with E-state index in [4.69, 9.17) is 0 Å². The zero-order valence-electron chi connectivity index (χ0n) is 42.8. The maximum Gasteiger partial charge on any atom is 0.292 e. The van der Waals surface area contributed by atoms with Crippen LogP contribution in [0.4, 0.5) is 34.1 Å². The summed E-state index contributed by atoms with van der Waals surface area (Å²) in [5, 5.41) is 17.8. The maximum atomic E-state index is 2.67. The van der Waals surface area contributed by atoms with Crippen molar-refractivity contribution in [1.82, 2.24) is 9.13 Å². The zero-order valence-corrected chi connectivity index (χ0v) is 42.8. The summed E-state index contributed by atoms with van der Waals surface area (Å²) in [5.41, 5.74) is 16.2. The van der Waals surface area contributed by atoms with E-state index in [2.05, 4.69) is 263 Å². The molecule has 2 aliphatic rings. The number of benzene rings is 11. The zero-order chi connectivity index (χ0) is 49.4. The number of anilines is 6. The van der Waals surface area contributed by atoms with Gasteiger partial charge >= 0.3 is 0 Å². The molecule has 5 heteroatoms. The third-order valence-electron chi connectivity index (χ3n) is 17.0. The second kappa shape index (κ2) is 14.7. The van der Waals surface area contributed by atoms with Crippen molar-refractivity contribution in [2.24, 2.45) is 14.1 Å². The number of fused-ring (bicyclic) bond motifs is 20. The highest BCUT2D eigenvalue weighted by Crippen LogP contribution is 2.52. The van der Waals surface area contributed by atoms with Gasteiger partial charge in [0, 0.05) is 69.5 Å². The van der Waals surface area contributed by atoms with Gasteiger partial charge in [0.1, 0.15) is 0 Å². The Morgan fingerprint density at radius 1 is 0.329 bits per heavy atom. The van der Waals surface area contributed by atoms with Gasteiger partial charge in [0.05, 0.1) is 17.1 Å². The van der Waals surface area contributed by atoms with E-state index in [1.165, 1.54) is 143 Å². The minimum atomic E-state index is -0.0903. The lowest BCUT2D eigenvalue weighted by molar-refractivity contribution is 0.591. The number of nitrogens with zero attached hydrogens (tertiary/aromatic N) is 4. The highest BCUT2D eigenvalue weighted by atomic mass is 15.2. The lowest BCUT2D eigenvalue weighted by Gasteiger charge is -2.43. The monoisotopic (exact) mass is 938 g/mol. The van der Waals surface area contributed by atoms with E-state index < -0.39 is 0 Å². The first kappa shape index (κ1) is 42.4. The summed E-state index contributed by atoms with van der Waals surface area (Å²) in [6, 6.07) is 71.8. The smallest absolute Gasteiger partial charge is 0.292 e. The van der Waals surface area contributed by atoms with Crippen LogP contribution in [-0.2, 0) is 24.9 Å². The van der Waals surface area contributed by atoms with Gasteiger partial charge in [-0.3, -0.25) is 0 Å². The lowest BCUT2D eigenvalue weighted by atomic mass is 9.36. The van der Waals surface area contributed by atoms with Crippen molar-refractivity contribution in [2.75, 3.05) is 9.80 Å². The molecule has 0 amide bonds. The van der Waals surface area contributed by atoms with Crippen molar-refractivity contribution in [1.29, 1.82) is 0 Å². The first-order valence-corrected chi connectivity index (χ1v) is 26.0. The van der Waals surface area contributed by atoms with Crippen LogP contribution in [0.15, 0.2) is 188 Å². The Bertz CT molecular complexity index is 4490. The Labute approximate surface area is 426 Å². The van der Waals surface area contributed by atoms with Crippen molar-refractivity contribution in [3.63, 3.8) is 0 Å². The standard InChI is InChI=1S/C68H55BN4/c1-67(2,3)40-31-35-56-54(37-40)63-65(70(56)7)69-62-59(72(63)42-33-34-50-45-21-10-9-19-43(45)44-20-12-14-25-49(44)53(50)39-42)29-18-30-60(62)73(64-55-38-41(68(4,5)6)32-36-57(55)71(8)66(64)69)58-28-17-27-52-48-23-13-11-22-46(48)47-24-15-16-26-51(47)61(52)58/h9-39H,1-8H3. The van der Waals surface area contributed by atoms with Gasteiger partial charge in [-0.2, -0.15) is 0 Å². The maximum absolute atomic E-state index is 2.67. The molecule has 350 valence electrons. The molecule has 15 rings (SSSR count). The third-order valence-corrected chi connectivity index (χ3v) is 17.0. The van der Waals surface area contributed by atoms with Gasteiger partial charge < -0.3 is 18.9 Å². The molecule has 0 unspecified atom stereocenters. The molecule has 4 heterocycles. The van der Waals surface area contributed by atoms with Crippen molar-refractivity contribution < 1.29 is 0 Å². The van der Waals surface area contributed by atoms with Gasteiger partial charge in [-0.25, -0.2) is 0 Å². The van der Waals surface area contributed by atoms with E-state index in [1.54, 1.807) is 0 Å². The summed E-state index contributed by atoms with van der Waals surface area (Å²) in [5.74, 6) is 0. The molecule has 0 saturated carbocycles. The molecular formula is C68H55BN4. The normalized spacial score (nSPS) is 13.7. The van der Waals surface area contributed by atoms with E-state index in [0.29, 0.717) is 0 Å². The molecule has 0 bridgehead atoms. The number of hydrogen-bond donors (Lipinski definition) is 0. The number of aryl methyl sites for hydroxylation is 2. The molecule has 2 aromatic heterocycles. The predicted molar refractivity (Wildman–Crippen MR) is 316 cm³/mol. The Morgan fingerprint density at radius 2 is 0.712 bits per heavy atom. The van der Waals surface area contributed by atoms with Crippen LogP contribution in [0.2, 0.25) is 0 Å². The molecule has 11 aromatic carbocycles. The van der Waals surface area contributed by atoms with E-state index in [0.717, 1.165) is 5.69 Å². The number of rotatable bonds is 2. The van der Waals surface area contributed by atoms with Crippen LogP contribution in [0.3, 0.4) is 0 Å². The van der Waals surface area contributed by atoms with Gasteiger partial charge in [-0.15, -0.1) is 0 Å². The summed E-state index contributed by atoms with van der Waals surface area (Å²) in [4.78, 5) is 5.31. The summed E-state index contributed by atoms with van der Waals surface area (Å²) in [6.45, 7) is 13.9. The van der Waals surface area contributed by atoms with Gasteiger partial charge in [-0.05, 0) is 141 Å². The first-order chi connectivity index (χ1) is 35.4. The SMILES string of the molecule is Cn1c2c(c3cc(C(C)(C)C)ccc31)N(c1ccc3c4ccccc4c4ccccc4c3c1)c1cccc3c1B2c1c(c2cc(C(C)(C)C)ccc2n1C)N3c1cccc2c3ccccc3c3ccccc3c12. The molecule has 13 aromatic rings. The van der Waals surface area contributed by atoms with E-state index in [9.17, 15) is 0 Å². The molecule has 0 atom stereocenters. The molecule has 2 aliphatic heterocycles. The fourth-order valence-electron chi connectivity index (χ4n) is 13.5. The Morgan fingerprint density at radius 3 is 1.21 bits per heavy atom. The van der Waals surface area contributed by atoms with Gasteiger partial charge in [-0.1, -0.05) is 175 Å². The minimum Gasteiger partial charge on any atom is -0.353 e.